The molecular weight excluding hydrogens is 488 g/mol. The Kier molecular flexibility index (Phi) is 9.42. The number of nitrogens with zero attached hydrogens (tertiary/aromatic N) is 1. The summed E-state index contributed by atoms with van der Waals surface area (Å²) >= 11 is 0. The van der Waals surface area contributed by atoms with Gasteiger partial charge in [0.2, 0.25) is 0 Å². The maximum absolute atomic E-state index is 3.91. The van der Waals surface area contributed by atoms with Crippen LogP contribution in [0, 0.1) is 13.8 Å². The largest absolute Gasteiger partial charge is 0.355 e. The van der Waals surface area contributed by atoms with E-state index in [1.165, 1.54) is 44.8 Å². The predicted octanol–water partition coefficient (Wildman–Crippen LogP) is 10.3. The summed E-state index contributed by atoms with van der Waals surface area (Å²) in [4.78, 5) is 0. The van der Waals surface area contributed by atoms with E-state index in [-0.39, 0.29) is 5.92 Å². The third kappa shape index (κ3) is 6.28. The first-order chi connectivity index (χ1) is 19.2. The van der Waals surface area contributed by atoms with Crippen molar-refractivity contribution in [3.05, 3.63) is 112 Å². The molecule has 0 heterocycles. The summed E-state index contributed by atoms with van der Waals surface area (Å²) in [6.07, 6.45) is 1.91. The fourth-order valence-electron chi connectivity index (χ4n) is 5.45. The van der Waals surface area contributed by atoms with Gasteiger partial charge in [0.25, 0.3) is 0 Å². The Hall–Kier alpha value is -3.92. The van der Waals surface area contributed by atoms with Crippen molar-refractivity contribution in [2.45, 2.75) is 80.1 Å². The second kappa shape index (κ2) is 13.0. The zero-order valence-electron chi connectivity index (χ0n) is 25.5. The summed E-state index contributed by atoms with van der Waals surface area (Å²) in [5.74, 6) is 0.602. The topological polar surface area (TPSA) is 39.3 Å². The average Bonchev–Trinajstić information content (AvgIpc) is 2.94. The van der Waals surface area contributed by atoms with Crippen LogP contribution in [-0.2, 0) is 12.8 Å². The lowest BCUT2D eigenvalue weighted by atomic mass is 9.91. The zero-order valence-corrected chi connectivity index (χ0v) is 25.5. The number of para-hydroxylation sites is 3. The Bertz CT molecular complexity index is 1380. The molecule has 0 aliphatic heterocycles. The molecule has 4 aromatic carbocycles. The van der Waals surface area contributed by atoms with Gasteiger partial charge in [-0.3, -0.25) is 10.9 Å². The van der Waals surface area contributed by atoms with E-state index in [4.69, 9.17) is 0 Å². The summed E-state index contributed by atoms with van der Waals surface area (Å²) in [6, 6.07) is 28.1. The van der Waals surface area contributed by atoms with Gasteiger partial charge in [-0.15, -0.1) is 0 Å². The van der Waals surface area contributed by atoms with Gasteiger partial charge in [0, 0.05) is 16.9 Å². The first kappa shape index (κ1) is 29.1. The summed E-state index contributed by atoms with van der Waals surface area (Å²) < 4.78 is 0. The van der Waals surface area contributed by atoms with Crippen molar-refractivity contribution in [3.8, 4) is 0 Å². The number of anilines is 5. The van der Waals surface area contributed by atoms with Gasteiger partial charge in [-0.1, -0.05) is 102 Å². The lowest BCUT2D eigenvalue weighted by Gasteiger charge is -2.36. The van der Waals surface area contributed by atoms with Crippen molar-refractivity contribution in [2.75, 3.05) is 21.3 Å². The summed E-state index contributed by atoms with van der Waals surface area (Å²) in [6.45, 7) is 17.9. The smallest absolute Gasteiger partial charge is 0.0901 e. The van der Waals surface area contributed by atoms with Crippen molar-refractivity contribution in [2.24, 2.45) is 0 Å². The second-order valence-corrected chi connectivity index (χ2v) is 11.2. The Morgan fingerprint density at radius 2 is 1.20 bits per heavy atom. The molecule has 4 rings (SSSR count). The minimum atomic E-state index is 0.274. The highest BCUT2D eigenvalue weighted by Gasteiger charge is 2.25. The molecule has 40 heavy (non-hydrogen) atoms. The minimum absolute atomic E-state index is 0.274. The molecule has 0 atom stereocenters. The van der Waals surface area contributed by atoms with Crippen LogP contribution >= 0.6 is 0 Å². The van der Waals surface area contributed by atoms with Gasteiger partial charge < -0.3 is 5.32 Å². The summed E-state index contributed by atoms with van der Waals surface area (Å²) in [5.41, 5.74) is 21.0. The first-order valence-electron chi connectivity index (χ1n) is 14.7. The van der Waals surface area contributed by atoms with Gasteiger partial charge in [-0.2, -0.15) is 5.12 Å². The lowest BCUT2D eigenvalue weighted by Crippen LogP contribution is -2.39. The van der Waals surface area contributed by atoms with Crippen LogP contribution in [0.4, 0.5) is 28.4 Å². The molecule has 4 nitrogen and oxygen atoms in total. The van der Waals surface area contributed by atoms with E-state index >= 15 is 0 Å². The number of rotatable bonds is 11. The molecule has 3 N–H and O–H groups in total. The molecule has 0 saturated carbocycles. The minimum Gasteiger partial charge on any atom is -0.355 e. The van der Waals surface area contributed by atoms with Gasteiger partial charge in [0.05, 0.1) is 17.1 Å². The molecule has 0 spiro atoms. The second-order valence-electron chi connectivity index (χ2n) is 11.2. The van der Waals surface area contributed by atoms with E-state index in [2.05, 4.69) is 156 Å². The highest BCUT2D eigenvalue weighted by molar-refractivity contribution is 5.79. The molecule has 4 heteroatoms. The van der Waals surface area contributed by atoms with E-state index in [0.29, 0.717) is 5.92 Å². The van der Waals surface area contributed by atoms with E-state index < -0.39 is 0 Å². The van der Waals surface area contributed by atoms with Crippen LogP contribution in [0.15, 0.2) is 78.9 Å². The predicted molar refractivity (Wildman–Crippen MR) is 175 cm³/mol. The molecule has 0 aliphatic rings. The molecule has 0 radical (unpaired) electrons. The Labute approximate surface area is 241 Å². The van der Waals surface area contributed by atoms with Gasteiger partial charge in [-0.05, 0) is 84.5 Å². The molecule has 0 aromatic heterocycles. The van der Waals surface area contributed by atoms with E-state index in [1.54, 1.807) is 0 Å². The van der Waals surface area contributed by atoms with Crippen LogP contribution in [0.25, 0.3) is 0 Å². The summed E-state index contributed by atoms with van der Waals surface area (Å²) in [7, 11) is 0. The molecular formula is C36H46N4. The molecule has 0 fully saturated rings. The quantitative estimate of drug-likeness (QED) is 0.167. The Balaban J connectivity index is 1.98. The maximum atomic E-state index is 3.91. The van der Waals surface area contributed by atoms with Gasteiger partial charge in [0.1, 0.15) is 0 Å². The van der Waals surface area contributed by atoms with Crippen molar-refractivity contribution >= 4 is 28.4 Å². The molecule has 0 bridgehead atoms. The van der Waals surface area contributed by atoms with Gasteiger partial charge in [0.15, 0.2) is 0 Å². The van der Waals surface area contributed by atoms with Gasteiger partial charge in [-0.25, -0.2) is 0 Å². The van der Waals surface area contributed by atoms with Crippen LogP contribution in [-0.4, -0.2) is 0 Å². The maximum Gasteiger partial charge on any atom is 0.0901 e. The Morgan fingerprint density at radius 1 is 0.625 bits per heavy atom. The first-order valence-corrected chi connectivity index (χ1v) is 14.7. The van der Waals surface area contributed by atoms with Crippen LogP contribution in [0.3, 0.4) is 0 Å². The fourth-order valence-corrected chi connectivity index (χ4v) is 5.45. The van der Waals surface area contributed by atoms with E-state index in [9.17, 15) is 0 Å². The molecule has 0 unspecified atom stereocenters. The molecule has 210 valence electrons. The number of aryl methyl sites for hydroxylation is 4. The molecule has 0 amide bonds. The van der Waals surface area contributed by atoms with Crippen LogP contribution < -0.4 is 21.3 Å². The highest BCUT2D eigenvalue weighted by atomic mass is 15.7. The Morgan fingerprint density at radius 3 is 1.75 bits per heavy atom. The van der Waals surface area contributed by atoms with E-state index in [0.717, 1.165) is 29.9 Å². The summed E-state index contributed by atoms with van der Waals surface area (Å²) in [5, 5.41) is 5.93. The number of hydrogen-bond acceptors (Lipinski definition) is 4. The lowest BCUT2D eigenvalue weighted by molar-refractivity contribution is 0.820. The molecule has 0 saturated heterocycles. The van der Waals surface area contributed by atoms with Crippen molar-refractivity contribution in [3.63, 3.8) is 0 Å². The number of hydrazine groups is 2. The number of benzene rings is 4. The van der Waals surface area contributed by atoms with Crippen molar-refractivity contribution in [1.29, 1.82) is 0 Å². The third-order valence-electron chi connectivity index (χ3n) is 7.65. The zero-order chi connectivity index (χ0) is 28.8. The SMILES string of the molecule is CCc1cccc(CC)c1NN(Nc1c(C)cccc1C)c1c(C(C)C)ccc(Nc2ccccc2)c1C(C)C. The van der Waals surface area contributed by atoms with Crippen molar-refractivity contribution in [1.82, 2.24) is 0 Å². The normalized spacial score (nSPS) is 11.2. The molecule has 0 aliphatic carbocycles. The van der Waals surface area contributed by atoms with Crippen LogP contribution in [0.2, 0.25) is 0 Å². The highest BCUT2D eigenvalue weighted by Crippen LogP contribution is 2.42. The van der Waals surface area contributed by atoms with E-state index in [1.807, 2.05) is 0 Å². The van der Waals surface area contributed by atoms with Gasteiger partial charge >= 0.3 is 0 Å². The molecule has 4 aromatic rings. The average molecular weight is 535 g/mol. The van der Waals surface area contributed by atoms with Crippen LogP contribution in [0.5, 0.6) is 0 Å². The van der Waals surface area contributed by atoms with Crippen LogP contribution in [0.1, 0.15) is 86.8 Å². The van der Waals surface area contributed by atoms with Crippen molar-refractivity contribution < 1.29 is 0 Å². The third-order valence-corrected chi connectivity index (χ3v) is 7.65. The number of nitrogens with one attached hydrogen (secondary N) is 3. The number of hydrogen-bond donors (Lipinski definition) is 3. The standard InChI is InChI=1S/C36H46N4/c1-9-28-18-15-19-29(10-2)35(28)39-40(38-34-26(7)16-14-17-27(34)8)36-31(24(3)4)22-23-32(33(36)25(5)6)37-30-20-12-11-13-21-30/h11-25,37-39H,9-10H2,1-8H3. The monoisotopic (exact) mass is 534 g/mol. The fraction of sp³-hybridized carbons (Fsp3) is 0.333.